The van der Waals surface area contributed by atoms with Crippen molar-refractivity contribution in [2.45, 2.75) is 33.2 Å². The maximum atomic E-state index is 5.68. The Morgan fingerprint density at radius 2 is 1.65 bits per heavy atom. The standard InChI is InChI=1S/C20H29N3O3/c1-14-12-15(2)23(21-14)11-10-22-8-6-16-13-18(24-3)20(26-5)19(25-4)17(16)7-9-22/h12-13H,6-11H2,1-5H3. The van der Waals surface area contributed by atoms with Gasteiger partial charge in [-0.25, -0.2) is 0 Å². The van der Waals surface area contributed by atoms with Crippen molar-refractivity contribution >= 4 is 0 Å². The van der Waals surface area contributed by atoms with Gasteiger partial charge in [0.1, 0.15) is 0 Å². The third-order valence-electron chi connectivity index (χ3n) is 5.13. The number of fused-ring (bicyclic) bond motifs is 1. The molecule has 6 nitrogen and oxygen atoms in total. The van der Waals surface area contributed by atoms with Gasteiger partial charge in [0.25, 0.3) is 0 Å². The first kappa shape index (κ1) is 18.6. The number of rotatable bonds is 6. The number of aromatic nitrogens is 2. The molecule has 0 spiro atoms. The molecule has 6 heteroatoms. The Kier molecular flexibility index (Phi) is 5.71. The summed E-state index contributed by atoms with van der Waals surface area (Å²) in [5.74, 6) is 2.23. The van der Waals surface area contributed by atoms with Crippen LogP contribution >= 0.6 is 0 Å². The molecule has 1 aliphatic heterocycles. The van der Waals surface area contributed by atoms with E-state index in [9.17, 15) is 0 Å². The molecule has 0 bridgehead atoms. The Labute approximate surface area is 155 Å². The van der Waals surface area contributed by atoms with Crippen molar-refractivity contribution < 1.29 is 14.2 Å². The number of methoxy groups -OCH3 is 3. The monoisotopic (exact) mass is 359 g/mol. The lowest BCUT2D eigenvalue weighted by Crippen LogP contribution is -2.30. The minimum atomic E-state index is 0.685. The lowest BCUT2D eigenvalue weighted by Gasteiger charge is -2.20. The van der Waals surface area contributed by atoms with Gasteiger partial charge in [0.15, 0.2) is 11.5 Å². The van der Waals surface area contributed by atoms with E-state index in [2.05, 4.69) is 33.7 Å². The van der Waals surface area contributed by atoms with E-state index >= 15 is 0 Å². The maximum Gasteiger partial charge on any atom is 0.203 e. The highest BCUT2D eigenvalue weighted by Crippen LogP contribution is 2.43. The molecule has 0 amide bonds. The SMILES string of the molecule is COc1cc2c(c(OC)c1OC)CCN(CCn1nc(C)cc1C)CC2. The zero-order valence-corrected chi connectivity index (χ0v) is 16.5. The number of nitrogens with zero attached hydrogens (tertiary/aromatic N) is 3. The van der Waals surface area contributed by atoms with Gasteiger partial charge >= 0.3 is 0 Å². The molecule has 1 aromatic heterocycles. The Hall–Kier alpha value is -2.21. The van der Waals surface area contributed by atoms with E-state index in [4.69, 9.17) is 14.2 Å². The molecule has 0 unspecified atom stereocenters. The number of hydrogen-bond acceptors (Lipinski definition) is 5. The molecule has 3 rings (SSSR count). The highest BCUT2D eigenvalue weighted by molar-refractivity contribution is 5.59. The molecule has 0 fully saturated rings. The van der Waals surface area contributed by atoms with Crippen molar-refractivity contribution in [3.8, 4) is 17.2 Å². The van der Waals surface area contributed by atoms with Gasteiger partial charge in [0.05, 0.1) is 33.6 Å². The third kappa shape index (κ3) is 3.65. The second-order valence-electron chi connectivity index (χ2n) is 6.77. The Bertz CT molecular complexity index is 770. The predicted octanol–water partition coefficient (Wildman–Crippen LogP) is 2.63. The lowest BCUT2D eigenvalue weighted by atomic mass is 10.0. The topological polar surface area (TPSA) is 48.8 Å². The normalized spacial score (nSPS) is 14.7. The molecule has 142 valence electrons. The summed E-state index contributed by atoms with van der Waals surface area (Å²) in [6.45, 7) is 8.08. The van der Waals surface area contributed by atoms with E-state index in [0.717, 1.165) is 56.2 Å². The maximum absolute atomic E-state index is 5.68. The van der Waals surface area contributed by atoms with Crippen molar-refractivity contribution in [2.75, 3.05) is 41.0 Å². The first-order valence-electron chi connectivity index (χ1n) is 9.11. The first-order valence-corrected chi connectivity index (χ1v) is 9.11. The molecule has 0 saturated heterocycles. The van der Waals surface area contributed by atoms with Crippen LogP contribution in [0.3, 0.4) is 0 Å². The van der Waals surface area contributed by atoms with Crippen molar-refractivity contribution in [2.24, 2.45) is 0 Å². The molecular weight excluding hydrogens is 330 g/mol. The fourth-order valence-corrected chi connectivity index (χ4v) is 3.78. The Balaban J connectivity index is 1.75. The lowest BCUT2D eigenvalue weighted by molar-refractivity contribution is 0.269. The van der Waals surface area contributed by atoms with Crippen LogP contribution in [0, 0.1) is 13.8 Å². The van der Waals surface area contributed by atoms with Gasteiger partial charge < -0.3 is 19.1 Å². The minimum Gasteiger partial charge on any atom is -0.493 e. The summed E-state index contributed by atoms with van der Waals surface area (Å²) >= 11 is 0. The van der Waals surface area contributed by atoms with Crippen LogP contribution in [0.15, 0.2) is 12.1 Å². The van der Waals surface area contributed by atoms with E-state index in [0.29, 0.717) is 5.75 Å². The minimum absolute atomic E-state index is 0.685. The molecule has 26 heavy (non-hydrogen) atoms. The van der Waals surface area contributed by atoms with E-state index in [1.54, 1.807) is 21.3 Å². The van der Waals surface area contributed by atoms with Gasteiger partial charge in [-0.2, -0.15) is 5.10 Å². The van der Waals surface area contributed by atoms with E-state index in [1.165, 1.54) is 16.8 Å². The van der Waals surface area contributed by atoms with Crippen molar-refractivity contribution in [1.29, 1.82) is 0 Å². The molecule has 0 aliphatic carbocycles. The second kappa shape index (κ2) is 7.99. The molecular formula is C20H29N3O3. The molecule has 2 aromatic rings. The molecule has 0 saturated carbocycles. The van der Waals surface area contributed by atoms with Crippen LogP contribution in [0.4, 0.5) is 0 Å². The van der Waals surface area contributed by atoms with Gasteiger partial charge in [0.2, 0.25) is 5.75 Å². The van der Waals surface area contributed by atoms with Crippen LogP contribution in [0.1, 0.15) is 22.5 Å². The van der Waals surface area contributed by atoms with E-state index in [1.807, 2.05) is 6.92 Å². The average molecular weight is 359 g/mol. The Morgan fingerprint density at radius 3 is 2.27 bits per heavy atom. The first-order chi connectivity index (χ1) is 12.6. The summed E-state index contributed by atoms with van der Waals surface area (Å²) in [5.41, 5.74) is 4.82. The molecule has 1 aromatic carbocycles. The summed E-state index contributed by atoms with van der Waals surface area (Å²) in [6, 6.07) is 4.23. The third-order valence-corrected chi connectivity index (χ3v) is 5.13. The van der Waals surface area contributed by atoms with Crippen LogP contribution in [0.25, 0.3) is 0 Å². The van der Waals surface area contributed by atoms with Crippen molar-refractivity contribution in [1.82, 2.24) is 14.7 Å². The summed E-state index contributed by atoms with van der Waals surface area (Å²) in [6.07, 6.45) is 1.92. The zero-order chi connectivity index (χ0) is 18.7. The summed E-state index contributed by atoms with van der Waals surface area (Å²) in [4.78, 5) is 2.49. The summed E-state index contributed by atoms with van der Waals surface area (Å²) in [7, 11) is 5.02. The number of hydrogen-bond donors (Lipinski definition) is 0. The summed E-state index contributed by atoms with van der Waals surface area (Å²) < 4.78 is 18.8. The van der Waals surface area contributed by atoms with Crippen molar-refractivity contribution in [3.05, 3.63) is 34.6 Å². The number of aryl methyl sites for hydroxylation is 2. The summed E-state index contributed by atoms with van der Waals surface area (Å²) in [5, 5.41) is 4.57. The highest BCUT2D eigenvalue weighted by atomic mass is 16.5. The average Bonchev–Trinajstić information content (AvgIpc) is 2.84. The van der Waals surface area contributed by atoms with Gasteiger partial charge in [-0.3, -0.25) is 4.68 Å². The molecule has 0 radical (unpaired) electrons. The van der Waals surface area contributed by atoms with Crippen LogP contribution < -0.4 is 14.2 Å². The quantitative estimate of drug-likeness (QED) is 0.794. The van der Waals surface area contributed by atoms with Gasteiger partial charge in [-0.05, 0) is 44.4 Å². The smallest absolute Gasteiger partial charge is 0.203 e. The van der Waals surface area contributed by atoms with Crippen LogP contribution in [-0.2, 0) is 19.4 Å². The fourth-order valence-electron chi connectivity index (χ4n) is 3.78. The predicted molar refractivity (Wildman–Crippen MR) is 102 cm³/mol. The van der Waals surface area contributed by atoms with Gasteiger partial charge in [-0.15, -0.1) is 0 Å². The molecule has 0 N–H and O–H groups in total. The van der Waals surface area contributed by atoms with Crippen molar-refractivity contribution in [3.63, 3.8) is 0 Å². The largest absolute Gasteiger partial charge is 0.493 e. The fraction of sp³-hybridized carbons (Fsp3) is 0.550. The van der Waals surface area contributed by atoms with Crippen LogP contribution in [0.2, 0.25) is 0 Å². The second-order valence-corrected chi connectivity index (χ2v) is 6.77. The number of benzene rings is 1. The van der Waals surface area contributed by atoms with E-state index in [-0.39, 0.29) is 0 Å². The highest BCUT2D eigenvalue weighted by Gasteiger charge is 2.23. The van der Waals surface area contributed by atoms with E-state index < -0.39 is 0 Å². The molecule has 1 aliphatic rings. The van der Waals surface area contributed by atoms with Gasteiger partial charge in [-0.1, -0.05) is 0 Å². The Morgan fingerprint density at radius 1 is 0.923 bits per heavy atom. The van der Waals surface area contributed by atoms with Crippen LogP contribution in [-0.4, -0.2) is 55.6 Å². The van der Waals surface area contributed by atoms with Crippen LogP contribution in [0.5, 0.6) is 17.2 Å². The zero-order valence-electron chi connectivity index (χ0n) is 16.5. The number of ether oxygens (including phenoxy) is 3. The molecule has 2 heterocycles. The molecule has 0 atom stereocenters. The van der Waals surface area contributed by atoms with Gasteiger partial charge in [0, 0.05) is 30.9 Å².